The van der Waals surface area contributed by atoms with Gasteiger partial charge in [0.2, 0.25) is 21.7 Å². The summed E-state index contributed by atoms with van der Waals surface area (Å²) in [6, 6.07) is 5.51. The molecule has 1 aromatic carbocycles. The number of aromatic nitrogens is 4. The third-order valence-electron chi connectivity index (χ3n) is 4.95. The topological polar surface area (TPSA) is 102 Å². The molecule has 1 unspecified atom stereocenters. The van der Waals surface area contributed by atoms with Crippen molar-refractivity contribution in [2.45, 2.75) is 31.4 Å². The number of hydrogen-bond acceptors (Lipinski definition) is 7. The van der Waals surface area contributed by atoms with Gasteiger partial charge in [0.15, 0.2) is 0 Å². The Bertz CT molecular complexity index is 1100. The van der Waals surface area contributed by atoms with E-state index < -0.39 is 15.8 Å². The van der Waals surface area contributed by atoms with E-state index in [1.165, 1.54) is 34.9 Å². The normalized spacial score (nSPS) is 17.7. The molecule has 0 amide bonds. The number of sulfonamides is 1. The summed E-state index contributed by atoms with van der Waals surface area (Å²) in [5.41, 5.74) is 1.91. The Morgan fingerprint density at radius 2 is 2.07 bits per heavy atom. The first-order valence-electron chi connectivity index (χ1n) is 9.31. The number of nitrogens with zero attached hydrogens (tertiary/aromatic N) is 5. The highest BCUT2D eigenvalue weighted by Gasteiger charge is 2.34. The van der Waals surface area contributed by atoms with E-state index >= 15 is 0 Å². The molecule has 1 aliphatic rings. The number of aryl methyl sites for hydroxylation is 1. The Labute approximate surface area is 167 Å². The first-order chi connectivity index (χ1) is 14.0. The van der Waals surface area contributed by atoms with Crippen molar-refractivity contribution < 1.29 is 17.3 Å². The fourth-order valence-electron chi connectivity index (χ4n) is 3.43. The van der Waals surface area contributed by atoms with Crippen molar-refractivity contribution in [3.63, 3.8) is 0 Å². The summed E-state index contributed by atoms with van der Waals surface area (Å²) < 4.78 is 45.4. The lowest BCUT2D eigenvalue weighted by Gasteiger charge is -2.17. The van der Waals surface area contributed by atoms with Crippen LogP contribution in [0.3, 0.4) is 0 Å². The van der Waals surface area contributed by atoms with E-state index in [0.29, 0.717) is 54.5 Å². The summed E-state index contributed by atoms with van der Waals surface area (Å²) in [6.07, 6.45) is 4.32. The molecule has 0 aliphatic carbocycles. The van der Waals surface area contributed by atoms with E-state index in [1.807, 2.05) is 6.92 Å². The molecule has 0 N–H and O–H groups in total. The zero-order valence-electron chi connectivity index (χ0n) is 15.8. The van der Waals surface area contributed by atoms with Crippen LogP contribution in [0, 0.1) is 5.82 Å². The molecule has 10 heteroatoms. The highest BCUT2D eigenvalue weighted by atomic mass is 32.2. The maximum atomic E-state index is 13.1. The minimum absolute atomic E-state index is 0.0976. The second-order valence-electron chi connectivity index (χ2n) is 6.91. The molecule has 1 atom stereocenters. The van der Waals surface area contributed by atoms with Crippen LogP contribution in [0.2, 0.25) is 0 Å². The van der Waals surface area contributed by atoms with E-state index in [9.17, 15) is 12.8 Å². The Kier molecular flexibility index (Phi) is 5.37. The molecule has 3 heterocycles. The van der Waals surface area contributed by atoms with Gasteiger partial charge >= 0.3 is 0 Å². The highest BCUT2D eigenvalue weighted by molar-refractivity contribution is 7.88. The fraction of sp³-hybridized carbons (Fsp3) is 0.368. The van der Waals surface area contributed by atoms with Gasteiger partial charge in [-0.1, -0.05) is 24.2 Å². The van der Waals surface area contributed by atoms with Crippen molar-refractivity contribution in [3.05, 3.63) is 59.8 Å². The van der Waals surface area contributed by atoms with Crippen LogP contribution in [-0.4, -0.2) is 45.9 Å². The van der Waals surface area contributed by atoms with Crippen LogP contribution in [-0.2, 0) is 22.2 Å². The molecular weight excluding hydrogens is 397 g/mol. The van der Waals surface area contributed by atoms with Gasteiger partial charge in [0.25, 0.3) is 0 Å². The van der Waals surface area contributed by atoms with E-state index in [1.54, 1.807) is 6.20 Å². The third kappa shape index (κ3) is 4.18. The van der Waals surface area contributed by atoms with Gasteiger partial charge in [-0.3, -0.25) is 0 Å². The molecule has 2 aromatic heterocycles. The van der Waals surface area contributed by atoms with Gasteiger partial charge in [-0.05, 0) is 24.1 Å². The summed E-state index contributed by atoms with van der Waals surface area (Å²) in [7, 11) is -3.53. The van der Waals surface area contributed by atoms with Crippen molar-refractivity contribution in [2.75, 3.05) is 13.1 Å². The summed E-state index contributed by atoms with van der Waals surface area (Å²) in [4.78, 5) is 12.8. The minimum Gasteiger partial charge on any atom is -0.339 e. The standard InChI is InChI=1S/C19H20FN5O3S/c1-2-17-23-19(24-28-17)16-9-21-12-22-18(16)14-7-8-25(10-14)29(26,27)11-13-3-5-15(20)6-4-13/h3-6,9,12,14H,2,7-8,10-11H2,1H3. The van der Waals surface area contributed by atoms with Gasteiger partial charge in [0, 0.05) is 31.6 Å². The fourth-order valence-corrected chi connectivity index (χ4v) is 5.02. The molecule has 152 valence electrons. The predicted octanol–water partition coefficient (Wildman–Crippen LogP) is 2.55. The molecule has 1 saturated heterocycles. The van der Waals surface area contributed by atoms with Crippen LogP contribution in [0.15, 0.2) is 41.3 Å². The average molecular weight is 417 g/mol. The van der Waals surface area contributed by atoms with Gasteiger partial charge in [-0.2, -0.15) is 4.98 Å². The minimum atomic E-state index is -3.53. The first-order valence-corrected chi connectivity index (χ1v) is 10.9. The van der Waals surface area contributed by atoms with Crippen LogP contribution in [0.1, 0.15) is 36.4 Å². The Morgan fingerprint density at radius 3 is 2.79 bits per heavy atom. The molecule has 8 nitrogen and oxygen atoms in total. The van der Waals surface area contributed by atoms with Crippen LogP contribution in [0.4, 0.5) is 4.39 Å². The van der Waals surface area contributed by atoms with Crippen molar-refractivity contribution in [1.29, 1.82) is 0 Å². The second kappa shape index (κ2) is 7.96. The summed E-state index contributed by atoms with van der Waals surface area (Å²) in [6.45, 7) is 2.62. The van der Waals surface area contributed by atoms with E-state index in [2.05, 4.69) is 20.1 Å². The van der Waals surface area contributed by atoms with E-state index in [4.69, 9.17) is 4.52 Å². The lowest BCUT2D eigenvalue weighted by molar-refractivity contribution is 0.382. The zero-order valence-corrected chi connectivity index (χ0v) is 16.6. The molecule has 1 aliphatic heterocycles. The molecule has 0 saturated carbocycles. The lowest BCUT2D eigenvalue weighted by atomic mass is 10.00. The van der Waals surface area contributed by atoms with Gasteiger partial charge in [0.1, 0.15) is 12.1 Å². The SMILES string of the molecule is CCc1nc(-c2cncnc2C2CCN(S(=O)(=O)Cc3ccc(F)cc3)C2)no1. The van der Waals surface area contributed by atoms with Crippen molar-refractivity contribution in [3.8, 4) is 11.4 Å². The van der Waals surface area contributed by atoms with E-state index in [-0.39, 0.29) is 11.7 Å². The first kappa shape index (κ1) is 19.6. The molecular formula is C19H20FN5O3S. The second-order valence-corrected chi connectivity index (χ2v) is 8.88. The van der Waals surface area contributed by atoms with Crippen LogP contribution in [0.25, 0.3) is 11.4 Å². The van der Waals surface area contributed by atoms with E-state index in [0.717, 1.165) is 0 Å². The smallest absolute Gasteiger partial charge is 0.226 e. The summed E-state index contributed by atoms with van der Waals surface area (Å²) in [5, 5.41) is 3.99. The lowest BCUT2D eigenvalue weighted by Crippen LogP contribution is -2.30. The number of halogens is 1. The Balaban J connectivity index is 1.53. The van der Waals surface area contributed by atoms with Crippen molar-refractivity contribution in [2.24, 2.45) is 0 Å². The van der Waals surface area contributed by atoms with Gasteiger partial charge in [-0.15, -0.1) is 0 Å². The maximum absolute atomic E-state index is 13.1. The number of rotatable bonds is 6. The number of benzene rings is 1. The Hall–Kier alpha value is -2.72. The molecule has 29 heavy (non-hydrogen) atoms. The van der Waals surface area contributed by atoms with Crippen molar-refractivity contribution in [1.82, 2.24) is 24.4 Å². The molecule has 3 aromatic rings. The molecule has 4 rings (SSSR count). The maximum Gasteiger partial charge on any atom is 0.226 e. The number of hydrogen-bond donors (Lipinski definition) is 0. The van der Waals surface area contributed by atoms with Crippen LogP contribution >= 0.6 is 0 Å². The van der Waals surface area contributed by atoms with Crippen molar-refractivity contribution >= 4 is 10.0 Å². The molecule has 0 radical (unpaired) electrons. The summed E-state index contributed by atoms with van der Waals surface area (Å²) >= 11 is 0. The van der Waals surface area contributed by atoms with Crippen LogP contribution < -0.4 is 0 Å². The zero-order chi connectivity index (χ0) is 20.4. The van der Waals surface area contributed by atoms with Crippen LogP contribution in [0.5, 0.6) is 0 Å². The monoisotopic (exact) mass is 417 g/mol. The molecule has 0 spiro atoms. The summed E-state index contributed by atoms with van der Waals surface area (Å²) in [5.74, 6) is 0.271. The van der Waals surface area contributed by atoms with Gasteiger partial charge < -0.3 is 4.52 Å². The van der Waals surface area contributed by atoms with Gasteiger partial charge in [-0.25, -0.2) is 27.1 Å². The largest absolute Gasteiger partial charge is 0.339 e. The predicted molar refractivity (Wildman–Crippen MR) is 103 cm³/mol. The molecule has 0 bridgehead atoms. The van der Waals surface area contributed by atoms with Gasteiger partial charge in [0.05, 0.1) is 17.0 Å². The average Bonchev–Trinajstić information content (AvgIpc) is 3.40. The molecule has 1 fully saturated rings. The highest BCUT2D eigenvalue weighted by Crippen LogP contribution is 2.33. The third-order valence-corrected chi connectivity index (χ3v) is 6.76. The quantitative estimate of drug-likeness (QED) is 0.607. The Morgan fingerprint density at radius 1 is 1.28 bits per heavy atom.